The second-order valence-electron chi connectivity index (χ2n) is 2.41. The fourth-order valence-corrected chi connectivity index (χ4v) is 1.13. The lowest BCUT2D eigenvalue weighted by Crippen LogP contribution is -1.84. The Labute approximate surface area is 67.2 Å². The number of halogens is 1. The van der Waals surface area contributed by atoms with E-state index in [4.69, 9.17) is 0 Å². The summed E-state index contributed by atoms with van der Waals surface area (Å²) in [4.78, 5) is 10.5. The molecule has 0 unspecified atom stereocenters. The summed E-state index contributed by atoms with van der Waals surface area (Å²) in [5.74, 6) is -0.395. The van der Waals surface area contributed by atoms with Gasteiger partial charge >= 0.3 is 0 Å². The van der Waals surface area contributed by atoms with Gasteiger partial charge in [0.05, 0.1) is 6.20 Å². The van der Waals surface area contributed by atoms with E-state index < -0.39 is 5.82 Å². The Morgan fingerprint density at radius 2 is 2.33 bits per heavy atom. The maximum absolute atomic E-state index is 12.9. The summed E-state index contributed by atoms with van der Waals surface area (Å²) in [7, 11) is 0. The van der Waals surface area contributed by atoms with E-state index in [-0.39, 0.29) is 5.52 Å². The lowest BCUT2D eigenvalue weighted by molar-refractivity contribution is 0.112. The number of fused-ring (bicyclic) bond motifs is 1. The Morgan fingerprint density at radius 1 is 1.50 bits per heavy atom. The third-order valence-corrected chi connectivity index (χ3v) is 1.73. The first-order chi connectivity index (χ1) is 5.83. The van der Waals surface area contributed by atoms with Gasteiger partial charge in [-0.25, -0.2) is 4.39 Å². The number of H-pyrrole nitrogens is 1. The third-order valence-electron chi connectivity index (χ3n) is 1.73. The zero-order valence-corrected chi connectivity index (χ0v) is 6.04. The molecule has 60 valence electrons. The number of carbonyl (C=O) groups is 1. The second-order valence-corrected chi connectivity index (χ2v) is 2.41. The molecule has 0 amide bonds. The number of hydrogen-bond acceptors (Lipinski definition) is 2. The molecule has 0 spiro atoms. The number of aldehydes is 1. The van der Waals surface area contributed by atoms with Gasteiger partial charge in [0, 0.05) is 10.9 Å². The molecule has 0 saturated carbocycles. The van der Waals surface area contributed by atoms with Crippen LogP contribution in [0.3, 0.4) is 0 Å². The summed E-state index contributed by atoms with van der Waals surface area (Å²) in [6.45, 7) is 0. The highest BCUT2D eigenvalue weighted by molar-refractivity contribution is 5.96. The molecule has 0 atom stereocenters. The van der Waals surface area contributed by atoms with E-state index in [0.717, 1.165) is 0 Å². The number of rotatable bonds is 1. The van der Waals surface area contributed by atoms with Crippen LogP contribution in [0.2, 0.25) is 0 Å². The highest BCUT2D eigenvalue weighted by atomic mass is 19.1. The number of nitrogens with one attached hydrogen (secondary N) is 1. The van der Waals surface area contributed by atoms with E-state index >= 15 is 0 Å². The van der Waals surface area contributed by atoms with Crippen molar-refractivity contribution >= 4 is 17.2 Å². The Bertz CT molecular complexity index is 436. The van der Waals surface area contributed by atoms with E-state index in [1.165, 1.54) is 18.3 Å². The van der Waals surface area contributed by atoms with Gasteiger partial charge in [-0.3, -0.25) is 9.89 Å². The van der Waals surface area contributed by atoms with Crippen LogP contribution < -0.4 is 0 Å². The smallest absolute Gasteiger partial charge is 0.150 e. The van der Waals surface area contributed by atoms with Gasteiger partial charge in [-0.1, -0.05) is 0 Å². The van der Waals surface area contributed by atoms with Gasteiger partial charge < -0.3 is 0 Å². The van der Waals surface area contributed by atoms with Crippen molar-refractivity contribution in [1.82, 2.24) is 10.2 Å². The molecule has 1 aromatic carbocycles. The topological polar surface area (TPSA) is 45.8 Å². The Balaban J connectivity index is 2.91. The average Bonchev–Trinajstić information content (AvgIpc) is 2.54. The SMILES string of the molecule is O=Cc1ccc(F)c2[nH]ncc12. The fraction of sp³-hybridized carbons (Fsp3) is 0. The van der Waals surface area contributed by atoms with Gasteiger partial charge in [0.2, 0.25) is 0 Å². The molecule has 0 fully saturated rings. The van der Waals surface area contributed by atoms with Crippen LogP contribution in [0.25, 0.3) is 10.9 Å². The molecule has 2 rings (SSSR count). The minimum Gasteiger partial charge on any atom is -0.298 e. The molecule has 4 heteroatoms. The summed E-state index contributed by atoms with van der Waals surface area (Å²) in [6.07, 6.45) is 2.11. The largest absolute Gasteiger partial charge is 0.298 e. The fourth-order valence-electron chi connectivity index (χ4n) is 1.13. The van der Waals surface area contributed by atoms with Crippen LogP contribution in [0, 0.1) is 5.82 Å². The van der Waals surface area contributed by atoms with E-state index in [1.807, 2.05) is 0 Å². The zero-order chi connectivity index (χ0) is 8.55. The summed E-state index contributed by atoms with van der Waals surface area (Å²) in [6, 6.07) is 2.67. The predicted molar refractivity (Wildman–Crippen MR) is 41.4 cm³/mol. The van der Waals surface area contributed by atoms with Gasteiger partial charge in [0.15, 0.2) is 6.29 Å². The molecule has 3 nitrogen and oxygen atoms in total. The number of aromatic nitrogens is 2. The number of carbonyl (C=O) groups excluding carboxylic acids is 1. The number of hydrogen-bond donors (Lipinski definition) is 1. The average molecular weight is 164 g/mol. The molecular formula is C8H5FN2O. The number of aromatic amines is 1. The second kappa shape index (κ2) is 2.41. The van der Waals surface area contributed by atoms with Crippen LogP contribution in [-0.2, 0) is 0 Å². The van der Waals surface area contributed by atoms with Gasteiger partial charge in [-0.05, 0) is 12.1 Å². The molecule has 12 heavy (non-hydrogen) atoms. The van der Waals surface area contributed by atoms with Crippen molar-refractivity contribution in [1.29, 1.82) is 0 Å². The molecule has 1 N–H and O–H groups in total. The van der Waals surface area contributed by atoms with Crippen molar-refractivity contribution < 1.29 is 9.18 Å². The maximum Gasteiger partial charge on any atom is 0.150 e. The van der Waals surface area contributed by atoms with E-state index in [0.29, 0.717) is 17.2 Å². The molecule has 2 aromatic rings. The van der Waals surface area contributed by atoms with Gasteiger partial charge in [0.25, 0.3) is 0 Å². The molecule has 0 saturated heterocycles. The Kier molecular flexibility index (Phi) is 1.40. The standard InChI is InChI=1S/C8H5FN2O/c9-7-2-1-5(4-12)6-3-10-11-8(6)7/h1-4H,(H,10,11). The van der Waals surface area contributed by atoms with Crippen molar-refractivity contribution in [2.45, 2.75) is 0 Å². The Hall–Kier alpha value is -1.71. The van der Waals surface area contributed by atoms with Crippen LogP contribution in [0.5, 0.6) is 0 Å². The highest BCUT2D eigenvalue weighted by Gasteiger charge is 2.05. The molecular weight excluding hydrogens is 159 g/mol. The summed E-state index contributed by atoms with van der Waals surface area (Å²) < 4.78 is 12.9. The van der Waals surface area contributed by atoms with Crippen molar-refractivity contribution in [2.75, 3.05) is 0 Å². The Morgan fingerprint density at radius 3 is 3.08 bits per heavy atom. The summed E-state index contributed by atoms with van der Waals surface area (Å²) in [5, 5.41) is 6.64. The van der Waals surface area contributed by atoms with E-state index in [1.54, 1.807) is 0 Å². The number of benzene rings is 1. The monoisotopic (exact) mass is 164 g/mol. The number of nitrogens with zero attached hydrogens (tertiary/aromatic N) is 1. The third kappa shape index (κ3) is 0.812. The molecule has 0 aliphatic carbocycles. The molecule has 0 bridgehead atoms. The minimum atomic E-state index is -0.395. The molecule has 0 radical (unpaired) electrons. The van der Waals surface area contributed by atoms with E-state index in [9.17, 15) is 9.18 Å². The van der Waals surface area contributed by atoms with Crippen molar-refractivity contribution in [3.63, 3.8) is 0 Å². The van der Waals surface area contributed by atoms with Crippen molar-refractivity contribution in [3.8, 4) is 0 Å². The normalized spacial score (nSPS) is 10.4. The molecule has 0 aliphatic heterocycles. The predicted octanol–water partition coefficient (Wildman–Crippen LogP) is 1.51. The molecule has 1 aromatic heterocycles. The van der Waals surface area contributed by atoms with Crippen LogP contribution in [0.4, 0.5) is 4.39 Å². The minimum absolute atomic E-state index is 0.277. The quantitative estimate of drug-likeness (QED) is 0.649. The van der Waals surface area contributed by atoms with Gasteiger partial charge in [-0.15, -0.1) is 0 Å². The first kappa shape index (κ1) is 6.97. The first-order valence-electron chi connectivity index (χ1n) is 3.39. The summed E-state index contributed by atoms with van der Waals surface area (Å²) in [5.41, 5.74) is 0.722. The lowest BCUT2D eigenvalue weighted by Gasteiger charge is -1.93. The van der Waals surface area contributed by atoms with Crippen LogP contribution in [0.1, 0.15) is 10.4 Å². The van der Waals surface area contributed by atoms with Gasteiger partial charge in [-0.2, -0.15) is 5.10 Å². The van der Waals surface area contributed by atoms with Crippen molar-refractivity contribution in [3.05, 3.63) is 29.7 Å². The maximum atomic E-state index is 12.9. The first-order valence-corrected chi connectivity index (χ1v) is 3.39. The van der Waals surface area contributed by atoms with E-state index in [2.05, 4.69) is 10.2 Å². The van der Waals surface area contributed by atoms with Crippen LogP contribution >= 0.6 is 0 Å². The zero-order valence-electron chi connectivity index (χ0n) is 6.04. The van der Waals surface area contributed by atoms with Crippen molar-refractivity contribution in [2.24, 2.45) is 0 Å². The summed E-state index contributed by atoms with van der Waals surface area (Å²) >= 11 is 0. The molecule has 0 aliphatic rings. The van der Waals surface area contributed by atoms with Crippen LogP contribution in [-0.4, -0.2) is 16.5 Å². The highest BCUT2D eigenvalue weighted by Crippen LogP contribution is 2.17. The lowest BCUT2D eigenvalue weighted by atomic mass is 10.1. The molecule has 1 heterocycles. The van der Waals surface area contributed by atoms with Gasteiger partial charge in [0.1, 0.15) is 11.3 Å². The van der Waals surface area contributed by atoms with Crippen LogP contribution in [0.15, 0.2) is 18.3 Å².